The Morgan fingerprint density at radius 2 is 1.61 bits per heavy atom. The Balaban J connectivity index is 1.04. The Hall–Kier alpha value is -4.93. The van der Waals surface area contributed by atoms with E-state index in [1.165, 1.54) is 35.8 Å². The number of aromatic nitrogens is 3. The SMILES string of the molecule is CN(C)CC[C@H](CSc1ccccc1)Nc1ccc(S(=O)(=O)Nc2ncnc3nc(N4CCN(Cc5ccccc5-c5ccc(Cl)cc5)CC4)ccc23)cc1C(F)(F)F. The first-order valence-corrected chi connectivity index (χ1v) is 21.9. The molecule has 0 aliphatic carbocycles. The van der Waals surface area contributed by atoms with Crippen molar-refractivity contribution in [2.45, 2.75) is 35.0 Å². The number of anilines is 3. The number of thioether (sulfide) groups is 1. The Morgan fingerprint density at radius 1 is 0.881 bits per heavy atom. The fraction of sp³-hybridized carbons (Fsp3) is 0.279. The summed E-state index contributed by atoms with van der Waals surface area (Å²) in [7, 11) is -0.710. The number of sulfonamides is 1. The molecular weight excluding hydrogens is 817 g/mol. The summed E-state index contributed by atoms with van der Waals surface area (Å²) < 4.78 is 73.4. The number of alkyl halides is 3. The van der Waals surface area contributed by atoms with E-state index in [1.807, 2.05) is 85.7 Å². The van der Waals surface area contributed by atoms with Gasteiger partial charge in [0.05, 0.1) is 15.8 Å². The molecular formula is C43H44ClF3N8O2S2. The second kappa shape index (κ2) is 18.6. The fourth-order valence-corrected chi connectivity index (χ4v) is 9.09. The molecule has 6 aromatic rings. The molecule has 2 N–H and O–H groups in total. The summed E-state index contributed by atoms with van der Waals surface area (Å²) in [5, 5.41) is 4.07. The largest absolute Gasteiger partial charge is 0.418 e. The number of benzene rings is 4. The van der Waals surface area contributed by atoms with E-state index in [4.69, 9.17) is 16.6 Å². The highest BCUT2D eigenvalue weighted by molar-refractivity contribution is 7.99. The Morgan fingerprint density at radius 3 is 2.34 bits per heavy atom. The molecule has 0 radical (unpaired) electrons. The molecule has 0 spiro atoms. The van der Waals surface area contributed by atoms with Crippen LogP contribution in [0.15, 0.2) is 125 Å². The minimum Gasteiger partial charge on any atom is -0.381 e. The Labute approximate surface area is 351 Å². The maximum absolute atomic E-state index is 14.6. The Kier molecular flexibility index (Phi) is 13.3. The summed E-state index contributed by atoms with van der Waals surface area (Å²) in [5.41, 5.74) is 2.48. The highest BCUT2D eigenvalue weighted by Crippen LogP contribution is 2.38. The summed E-state index contributed by atoms with van der Waals surface area (Å²) in [6.07, 6.45) is -3.08. The molecule has 59 heavy (non-hydrogen) atoms. The van der Waals surface area contributed by atoms with Gasteiger partial charge in [-0.05, 0) is 98.3 Å². The lowest BCUT2D eigenvalue weighted by molar-refractivity contribution is -0.137. The van der Waals surface area contributed by atoms with E-state index in [1.54, 1.807) is 12.1 Å². The topological polar surface area (TPSA) is 107 Å². The standard InChI is InChI=1S/C43H44ClF3N8O2S2/c1-53(2)21-20-33(28-58-34-9-4-3-5-10-34)50-39-18-16-35(26-38(39)43(45,46)47)59(56,57)52-42-37-17-19-40(51-41(37)48-29-49-42)55-24-22-54(23-25-55)27-31-8-6-7-11-36(31)30-12-14-32(44)15-13-30/h3-19,26,29,33,50H,20-25,27-28H2,1-2H3,(H,48,49,51,52)/t33-/m1/s1. The van der Waals surface area contributed by atoms with E-state index in [0.29, 0.717) is 54.1 Å². The molecule has 1 saturated heterocycles. The molecule has 2 aromatic heterocycles. The number of halogens is 4. The van der Waals surface area contributed by atoms with Gasteiger partial charge >= 0.3 is 6.18 Å². The van der Waals surface area contributed by atoms with Gasteiger partial charge < -0.3 is 15.1 Å². The normalized spacial score (nSPS) is 14.5. The fourth-order valence-electron chi connectivity index (χ4n) is 6.92. The molecule has 308 valence electrons. The second-order valence-electron chi connectivity index (χ2n) is 14.6. The number of pyridine rings is 1. The predicted molar refractivity (Wildman–Crippen MR) is 232 cm³/mol. The van der Waals surface area contributed by atoms with Crippen LogP contribution in [0.5, 0.6) is 0 Å². The smallest absolute Gasteiger partial charge is 0.381 e. The maximum Gasteiger partial charge on any atom is 0.418 e. The van der Waals surface area contributed by atoms with Crippen molar-refractivity contribution in [3.63, 3.8) is 0 Å². The maximum atomic E-state index is 14.6. The first-order valence-electron chi connectivity index (χ1n) is 19.1. The third kappa shape index (κ3) is 10.8. The summed E-state index contributed by atoms with van der Waals surface area (Å²) in [5.74, 6) is 1.09. The van der Waals surface area contributed by atoms with Gasteiger partial charge in [0, 0.05) is 60.1 Å². The summed E-state index contributed by atoms with van der Waals surface area (Å²) >= 11 is 7.66. The van der Waals surface area contributed by atoms with Crippen LogP contribution < -0.4 is 14.9 Å². The molecule has 0 saturated carbocycles. The van der Waals surface area contributed by atoms with E-state index in [-0.39, 0.29) is 23.2 Å². The van der Waals surface area contributed by atoms with Gasteiger partial charge in [-0.2, -0.15) is 13.2 Å². The number of nitrogens with one attached hydrogen (secondary N) is 2. The van der Waals surface area contributed by atoms with Crippen molar-refractivity contribution in [2.24, 2.45) is 0 Å². The van der Waals surface area contributed by atoms with Crippen LogP contribution in [0.25, 0.3) is 22.2 Å². The highest BCUT2D eigenvalue weighted by atomic mass is 35.5. The lowest BCUT2D eigenvalue weighted by Crippen LogP contribution is -2.46. The molecule has 16 heteroatoms. The van der Waals surface area contributed by atoms with Gasteiger partial charge in [-0.1, -0.05) is 66.2 Å². The van der Waals surface area contributed by atoms with Gasteiger partial charge in [0.2, 0.25) is 0 Å². The van der Waals surface area contributed by atoms with E-state index in [2.05, 4.69) is 41.9 Å². The van der Waals surface area contributed by atoms with Crippen LogP contribution in [0.3, 0.4) is 0 Å². The molecule has 4 aromatic carbocycles. The van der Waals surface area contributed by atoms with Gasteiger partial charge in [0.15, 0.2) is 11.5 Å². The third-order valence-electron chi connectivity index (χ3n) is 10.1. The van der Waals surface area contributed by atoms with Gasteiger partial charge in [0.1, 0.15) is 12.1 Å². The van der Waals surface area contributed by atoms with Crippen LogP contribution >= 0.6 is 23.4 Å². The number of piperazine rings is 1. The van der Waals surface area contributed by atoms with Crippen molar-refractivity contribution < 1.29 is 21.6 Å². The lowest BCUT2D eigenvalue weighted by atomic mass is 9.99. The van der Waals surface area contributed by atoms with Crippen LogP contribution in [0.4, 0.5) is 30.5 Å². The average molecular weight is 861 g/mol. The quantitative estimate of drug-likeness (QED) is 0.0973. The zero-order chi connectivity index (χ0) is 41.6. The molecule has 0 bridgehead atoms. The average Bonchev–Trinajstić information content (AvgIpc) is 3.22. The number of nitrogens with zero attached hydrogens (tertiary/aromatic N) is 6. The van der Waals surface area contributed by atoms with E-state index in [0.717, 1.165) is 35.7 Å². The predicted octanol–water partition coefficient (Wildman–Crippen LogP) is 9.01. The van der Waals surface area contributed by atoms with Crippen molar-refractivity contribution in [1.29, 1.82) is 0 Å². The van der Waals surface area contributed by atoms with Crippen molar-refractivity contribution in [2.75, 3.05) is 67.5 Å². The van der Waals surface area contributed by atoms with Crippen LogP contribution in [-0.4, -0.2) is 91.8 Å². The third-order valence-corrected chi connectivity index (χ3v) is 12.8. The molecule has 1 atom stereocenters. The van der Waals surface area contributed by atoms with Crippen molar-refractivity contribution >= 4 is 61.7 Å². The molecule has 1 fully saturated rings. The zero-order valence-corrected chi connectivity index (χ0v) is 34.9. The molecule has 0 unspecified atom stereocenters. The summed E-state index contributed by atoms with van der Waals surface area (Å²) in [6.45, 7) is 4.43. The zero-order valence-electron chi connectivity index (χ0n) is 32.5. The first kappa shape index (κ1) is 42.2. The van der Waals surface area contributed by atoms with Crippen molar-refractivity contribution in [1.82, 2.24) is 24.8 Å². The van der Waals surface area contributed by atoms with Crippen molar-refractivity contribution in [3.8, 4) is 11.1 Å². The van der Waals surface area contributed by atoms with E-state index in [9.17, 15) is 21.6 Å². The Bertz CT molecular complexity index is 2470. The van der Waals surface area contributed by atoms with E-state index < -0.39 is 26.7 Å². The first-order chi connectivity index (χ1) is 28.3. The molecule has 1 aliphatic heterocycles. The van der Waals surface area contributed by atoms with Gasteiger partial charge in [-0.25, -0.2) is 23.4 Å². The number of hydrogen-bond acceptors (Lipinski definition) is 10. The second-order valence-corrected chi connectivity index (χ2v) is 17.8. The van der Waals surface area contributed by atoms with Crippen LogP contribution in [-0.2, 0) is 22.7 Å². The van der Waals surface area contributed by atoms with Crippen LogP contribution in [0, 0.1) is 0 Å². The van der Waals surface area contributed by atoms with Crippen molar-refractivity contribution in [3.05, 3.63) is 132 Å². The minimum absolute atomic E-state index is 0.0873. The monoisotopic (exact) mass is 860 g/mol. The number of hydrogen-bond donors (Lipinski definition) is 2. The molecule has 7 rings (SSSR count). The van der Waals surface area contributed by atoms with E-state index >= 15 is 0 Å². The number of rotatable bonds is 15. The summed E-state index contributed by atoms with van der Waals surface area (Å²) in [6, 6.07) is 31.9. The molecule has 3 heterocycles. The summed E-state index contributed by atoms with van der Waals surface area (Å²) in [4.78, 5) is 20.1. The molecule has 0 amide bonds. The minimum atomic E-state index is -4.83. The van der Waals surface area contributed by atoms with Gasteiger partial charge in [-0.15, -0.1) is 11.8 Å². The number of fused-ring (bicyclic) bond motifs is 1. The van der Waals surface area contributed by atoms with Crippen LogP contribution in [0.1, 0.15) is 17.5 Å². The lowest BCUT2D eigenvalue weighted by Gasteiger charge is -2.35. The van der Waals surface area contributed by atoms with Gasteiger partial charge in [-0.3, -0.25) is 9.62 Å². The molecule has 1 aliphatic rings. The highest BCUT2D eigenvalue weighted by Gasteiger charge is 2.36. The van der Waals surface area contributed by atoms with Gasteiger partial charge in [0.25, 0.3) is 10.0 Å². The van der Waals surface area contributed by atoms with Crippen LogP contribution in [0.2, 0.25) is 5.02 Å². The molecule has 10 nitrogen and oxygen atoms in total.